The molecule has 0 bridgehead atoms. The quantitative estimate of drug-likeness (QED) is 0.810. The van der Waals surface area contributed by atoms with E-state index < -0.39 is 5.97 Å². The molecule has 0 aliphatic heterocycles. The van der Waals surface area contributed by atoms with Crippen LogP contribution in [0.5, 0.6) is 0 Å². The highest BCUT2D eigenvalue weighted by Crippen LogP contribution is 2.21. The molecule has 0 spiro atoms. The van der Waals surface area contributed by atoms with E-state index in [1.807, 2.05) is 6.07 Å². The molecule has 2 aromatic heterocycles. The molecule has 1 N–H and O–H groups in total. The summed E-state index contributed by atoms with van der Waals surface area (Å²) in [6, 6.07) is 5.00. The largest absolute Gasteiger partial charge is 0.475 e. The van der Waals surface area contributed by atoms with Gasteiger partial charge in [-0.2, -0.15) is 5.26 Å². The molecule has 0 fully saturated rings. The van der Waals surface area contributed by atoms with Crippen molar-refractivity contribution in [3.8, 4) is 17.3 Å². The number of nitrogens with zero attached hydrogens (tertiary/aromatic N) is 3. The van der Waals surface area contributed by atoms with Gasteiger partial charge in [0.15, 0.2) is 0 Å². The Bertz CT molecular complexity index is 566. The van der Waals surface area contributed by atoms with Gasteiger partial charge in [-0.05, 0) is 12.1 Å². The van der Waals surface area contributed by atoms with Crippen LogP contribution in [-0.4, -0.2) is 21.2 Å². The smallest absolute Gasteiger partial charge is 0.375 e. The summed E-state index contributed by atoms with van der Waals surface area (Å²) in [7, 11) is 0. The molecular formula is C10H5N3O3. The third-order valence-electron chi connectivity index (χ3n) is 1.93. The monoisotopic (exact) mass is 215 g/mol. The van der Waals surface area contributed by atoms with Gasteiger partial charge in [0.25, 0.3) is 5.76 Å². The highest BCUT2D eigenvalue weighted by Gasteiger charge is 2.17. The molecule has 0 aliphatic rings. The molecule has 0 aliphatic carbocycles. The molecule has 2 rings (SSSR count). The number of hydrogen-bond donors (Lipinski definition) is 1. The van der Waals surface area contributed by atoms with Gasteiger partial charge in [0.2, 0.25) is 0 Å². The lowest BCUT2D eigenvalue weighted by atomic mass is 10.1. The first-order valence-corrected chi connectivity index (χ1v) is 4.27. The van der Waals surface area contributed by atoms with Gasteiger partial charge < -0.3 is 9.63 Å². The fourth-order valence-electron chi connectivity index (χ4n) is 1.20. The number of carboxylic acids is 1. The van der Waals surface area contributed by atoms with E-state index in [2.05, 4.69) is 14.7 Å². The standard InChI is InChI=1S/C10H5N3O3/c11-3-6-1-2-8(12-4-6)7-5-13-16-9(7)10(14)15/h1-2,4-5H,(H,14,15). The van der Waals surface area contributed by atoms with Crippen LogP contribution in [0, 0.1) is 11.3 Å². The van der Waals surface area contributed by atoms with Crippen LogP contribution in [0.1, 0.15) is 16.1 Å². The first-order valence-electron chi connectivity index (χ1n) is 4.27. The minimum absolute atomic E-state index is 0.266. The second kappa shape index (κ2) is 3.82. The fraction of sp³-hybridized carbons (Fsp3) is 0. The van der Waals surface area contributed by atoms with E-state index in [4.69, 9.17) is 10.4 Å². The Morgan fingerprint density at radius 2 is 2.25 bits per heavy atom. The molecule has 6 heteroatoms. The molecule has 6 nitrogen and oxygen atoms in total. The van der Waals surface area contributed by atoms with Gasteiger partial charge in [-0.1, -0.05) is 5.16 Å². The molecule has 0 aromatic carbocycles. The predicted octanol–water partition coefficient (Wildman–Crippen LogP) is 1.31. The number of nitriles is 1. The second-order valence-electron chi connectivity index (χ2n) is 2.92. The average molecular weight is 215 g/mol. The number of aromatic carboxylic acids is 1. The number of carbonyl (C=O) groups is 1. The van der Waals surface area contributed by atoms with Gasteiger partial charge in [-0.15, -0.1) is 0 Å². The average Bonchev–Trinajstić information content (AvgIpc) is 2.78. The van der Waals surface area contributed by atoms with Crippen molar-refractivity contribution in [2.45, 2.75) is 0 Å². The van der Waals surface area contributed by atoms with Crippen LogP contribution in [0.2, 0.25) is 0 Å². The van der Waals surface area contributed by atoms with Gasteiger partial charge in [0, 0.05) is 6.20 Å². The molecule has 0 amide bonds. The van der Waals surface area contributed by atoms with Crippen LogP contribution in [0.25, 0.3) is 11.3 Å². The number of aromatic nitrogens is 2. The molecule has 2 aromatic rings. The Balaban J connectivity index is 2.47. The lowest BCUT2D eigenvalue weighted by Crippen LogP contribution is -1.96. The van der Waals surface area contributed by atoms with E-state index in [1.165, 1.54) is 18.5 Å². The normalized spacial score (nSPS) is 9.69. The van der Waals surface area contributed by atoms with Crippen molar-refractivity contribution in [2.75, 3.05) is 0 Å². The summed E-state index contributed by atoms with van der Waals surface area (Å²) in [6.07, 6.45) is 2.63. The van der Waals surface area contributed by atoms with E-state index in [9.17, 15) is 4.79 Å². The summed E-state index contributed by atoms with van der Waals surface area (Å²) in [5.74, 6) is -1.48. The molecule has 0 saturated carbocycles. The minimum atomic E-state index is -1.21. The lowest BCUT2D eigenvalue weighted by molar-refractivity contribution is 0.0653. The van der Waals surface area contributed by atoms with Gasteiger partial charge in [0.05, 0.1) is 23.0 Å². The first-order chi connectivity index (χ1) is 7.72. The highest BCUT2D eigenvalue weighted by atomic mass is 16.5. The minimum Gasteiger partial charge on any atom is -0.475 e. The second-order valence-corrected chi connectivity index (χ2v) is 2.92. The summed E-state index contributed by atoms with van der Waals surface area (Å²) >= 11 is 0. The molecule has 0 radical (unpaired) electrons. The Morgan fingerprint density at radius 3 is 2.81 bits per heavy atom. The predicted molar refractivity (Wildman–Crippen MR) is 51.4 cm³/mol. The van der Waals surface area contributed by atoms with Gasteiger partial charge in [0.1, 0.15) is 6.07 Å². The zero-order valence-electron chi connectivity index (χ0n) is 7.91. The molecular weight excluding hydrogens is 210 g/mol. The van der Waals surface area contributed by atoms with Gasteiger partial charge >= 0.3 is 5.97 Å². The van der Waals surface area contributed by atoms with Crippen LogP contribution in [0.15, 0.2) is 29.0 Å². The van der Waals surface area contributed by atoms with Crippen molar-refractivity contribution in [3.63, 3.8) is 0 Å². The van der Waals surface area contributed by atoms with Crippen LogP contribution in [0.4, 0.5) is 0 Å². The first kappa shape index (κ1) is 9.86. The van der Waals surface area contributed by atoms with E-state index in [0.29, 0.717) is 11.3 Å². The summed E-state index contributed by atoms with van der Waals surface area (Å²) in [5.41, 5.74) is 1.09. The maximum absolute atomic E-state index is 10.8. The van der Waals surface area contributed by atoms with Crippen molar-refractivity contribution in [3.05, 3.63) is 35.9 Å². The fourth-order valence-corrected chi connectivity index (χ4v) is 1.20. The van der Waals surface area contributed by atoms with Crippen molar-refractivity contribution in [2.24, 2.45) is 0 Å². The van der Waals surface area contributed by atoms with Crippen LogP contribution in [0.3, 0.4) is 0 Å². The van der Waals surface area contributed by atoms with Gasteiger partial charge in [-0.3, -0.25) is 4.98 Å². The molecule has 16 heavy (non-hydrogen) atoms. The van der Waals surface area contributed by atoms with Crippen molar-refractivity contribution >= 4 is 5.97 Å². The Labute approximate surface area is 89.8 Å². The molecule has 78 valence electrons. The zero-order valence-corrected chi connectivity index (χ0v) is 7.91. The van der Waals surface area contributed by atoms with Crippen LogP contribution in [-0.2, 0) is 0 Å². The van der Waals surface area contributed by atoms with E-state index in [0.717, 1.165) is 0 Å². The maximum Gasteiger partial charge on any atom is 0.375 e. The van der Waals surface area contributed by atoms with E-state index >= 15 is 0 Å². The molecule has 0 atom stereocenters. The Morgan fingerprint density at radius 1 is 1.44 bits per heavy atom. The Kier molecular flexibility index (Phi) is 2.36. The highest BCUT2D eigenvalue weighted by molar-refractivity contribution is 5.91. The molecule has 0 saturated heterocycles. The molecule has 2 heterocycles. The molecule has 0 unspecified atom stereocenters. The van der Waals surface area contributed by atoms with Crippen LogP contribution < -0.4 is 0 Å². The van der Waals surface area contributed by atoms with Crippen molar-refractivity contribution in [1.29, 1.82) is 5.26 Å². The zero-order chi connectivity index (χ0) is 11.5. The maximum atomic E-state index is 10.8. The lowest BCUT2D eigenvalue weighted by Gasteiger charge is -1.96. The Hall–Kier alpha value is -2.68. The summed E-state index contributed by atoms with van der Waals surface area (Å²) in [4.78, 5) is 14.7. The third-order valence-corrected chi connectivity index (χ3v) is 1.93. The topological polar surface area (TPSA) is 100 Å². The van der Waals surface area contributed by atoms with Crippen molar-refractivity contribution < 1.29 is 14.4 Å². The summed E-state index contributed by atoms with van der Waals surface area (Å²) in [5, 5.41) is 20.8. The number of carboxylic acid groups (broad SMARTS) is 1. The van der Waals surface area contributed by atoms with E-state index in [1.54, 1.807) is 6.07 Å². The third kappa shape index (κ3) is 1.62. The summed E-state index contributed by atoms with van der Waals surface area (Å²) in [6.45, 7) is 0. The summed E-state index contributed by atoms with van der Waals surface area (Å²) < 4.78 is 4.58. The number of hydrogen-bond acceptors (Lipinski definition) is 5. The van der Waals surface area contributed by atoms with Crippen LogP contribution >= 0.6 is 0 Å². The van der Waals surface area contributed by atoms with E-state index in [-0.39, 0.29) is 11.3 Å². The number of pyridine rings is 1. The number of rotatable bonds is 2. The van der Waals surface area contributed by atoms with Gasteiger partial charge in [-0.25, -0.2) is 4.79 Å². The van der Waals surface area contributed by atoms with Crippen molar-refractivity contribution in [1.82, 2.24) is 10.1 Å². The SMILES string of the molecule is N#Cc1ccc(-c2cnoc2C(=O)O)nc1.